The quantitative estimate of drug-likeness (QED) is 0.362. The van der Waals surface area contributed by atoms with Crippen molar-refractivity contribution in [1.82, 2.24) is 15.6 Å². The molecular weight excluding hydrogens is 374 g/mol. The van der Waals surface area contributed by atoms with Crippen LogP contribution >= 0.6 is 0 Å². The number of ether oxygens (including phenoxy) is 1. The third-order valence-corrected chi connectivity index (χ3v) is 4.14. The first-order valence-electron chi connectivity index (χ1n) is 8.85. The van der Waals surface area contributed by atoms with E-state index in [2.05, 4.69) is 20.7 Å². The zero-order valence-electron chi connectivity index (χ0n) is 15.9. The molecule has 0 spiro atoms. The van der Waals surface area contributed by atoms with Gasteiger partial charge in [-0.2, -0.15) is 10.2 Å². The molecule has 2 N–H and O–H groups in total. The Kier molecular flexibility index (Phi) is 5.98. The van der Waals surface area contributed by atoms with Crippen LogP contribution in [0.2, 0.25) is 0 Å². The summed E-state index contributed by atoms with van der Waals surface area (Å²) in [5, 5.41) is 21.6. The average Bonchev–Trinajstić information content (AvgIpc) is 3.10. The Morgan fingerprint density at radius 1 is 1.31 bits per heavy atom. The monoisotopic (exact) mass is 393 g/mol. The second-order valence-corrected chi connectivity index (χ2v) is 6.08. The topological polar surface area (TPSA) is 123 Å². The smallest absolute Gasteiger partial charge is 0.289 e. The van der Waals surface area contributed by atoms with Gasteiger partial charge in [0, 0.05) is 28.8 Å². The predicted molar refractivity (Wildman–Crippen MR) is 108 cm³/mol. The van der Waals surface area contributed by atoms with Gasteiger partial charge in [-0.05, 0) is 38.1 Å². The van der Waals surface area contributed by atoms with Crippen LogP contribution in [0.4, 0.5) is 5.69 Å². The zero-order chi connectivity index (χ0) is 20.8. The fraction of sp³-hybridized carbons (Fsp3) is 0.150. The van der Waals surface area contributed by atoms with E-state index in [0.29, 0.717) is 23.4 Å². The molecule has 0 radical (unpaired) electrons. The lowest BCUT2D eigenvalue weighted by Crippen LogP contribution is -2.19. The number of benzene rings is 2. The van der Waals surface area contributed by atoms with E-state index >= 15 is 0 Å². The molecule has 1 heterocycles. The number of hydrogen-bond donors (Lipinski definition) is 2. The lowest BCUT2D eigenvalue weighted by Gasteiger charge is -2.04. The van der Waals surface area contributed by atoms with Gasteiger partial charge in [0.2, 0.25) is 0 Å². The maximum atomic E-state index is 12.4. The van der Waals surface area contributed by atoms with E-state index in [-0.39, 0.29) is 11.4 Å². The average molecular weight is 393 g/mol. The van der Waals surface area contributed by atoms with Crippen LogP contribution in [0.5, 0.6) is 5.75 Å². The van der Waals surface area contributed by atoms with Gasteiger partial charge in [0.15, 0.2) is 0 Å². The maximum Gasteiger partial charge on any atom is 0.289 e. The Morgan fingerprint density at radius 2 is 2.07 bits per heavy atom. The number of aromatic amines is 1. The number of H-pyrrole nitrogens is 1. The van der Waals surface area contributed by atoms with Crippen molar-refractivity contribution in [3.8, 4) is 17.0 Å². The fourth-order valence-electron chi connectivity index (χ4n) is 2.72. The number of hydrazone groups is 1. The van der Waals surface area contributed by atoms with Crippen LogP contribution in [-0.2, 0) is 0 Å². The van der Waals surface area contributed by atoms with E-state index in [0.717, 1.165) is 11.3 Å². The molecule has 0 unspecified atom stereocenters. The van der Waals surface area contributed by atoms with Gasteiger partial charge in [-0.15, -0.1) is 0 Å². The second-order valence-electron chi connectivity index (χ2n) is 6.08. The molecule has 0 saturated carbocycles. The molecule has 1 amide bonds. The highest BCUT2D eigenvalue weighted by molar-refractivity contribution is 5.96. The zero-order valence-corrected chi connectivity index (χ0v) is 15.9. The van der Waals surface area contributed by atoms with Gasteiger partial charge >= 0.3 is 0 Å². The van der Waals surface area contributed by atoms with Crippen molar-refractivity contribution < 1.29 is 14.5 Å². The molecule has 0 aliphatic rings. The number of nitrogens with zero attached hydrogens (tertiary/aromatic N) is 3. The predicted octanol–water partition coefficient (Wildman–Crippen LogP) is 3.46. The standard InChI is InChI=1S/C20H19N5O4/c1-3-29-17-9-7-15(8-10-17)18-13(2)19(23-22-18)20(26)24-21-12-14-5-4-6-16(11-14)25(27)28/h4-12H,3H2,1-2H3,(H,22,23)(H,24,26). The molecule has 29 heavy (non-hydrogen) atoms. The molecule has 0 atom stereocenters. The molecule has 2 aromatic carbocycles. The number of nitrogens with one attached hydrogen (secondary N) is 2. The Labute approximate surface area is 166 Å². The van der Waals surface area contributed by atoms with Crippen molar-refractivity contribution in [3.63, 3.8) is 0 Å². The first-order valence-corrected chi connectivity index (χ1v) is 8.85. The molecule has 148 valence electrons. The number of amides is 1. The number of non-ortho nitro benzene ring substituents is 1. The van der Waals surface area contributed by atoms with Gasteiger partial charge in [0.25, 0.3) is 11.6 Å². The van der Waals surface area contributed by atoms with Gasteiger partial charge in [0.05, 0.1) is 23.4 Å². The lowest BCUT2D eigenvalue weighted by atomic mass is 10.1. The van der Waals surface area contributed by atoms with Crippen LogP contribution in [0.3, 0.4) is 0 Å². The van der Waals surface area contributed by atoms with Crippen LogP contribution in [0, 0.1) is 17.0 Å². The molecule has 0 aliphatic carbocycles. The summed E-state index contributed by atoms with van der Waals surface area (Å²) < 4.78 is 5.43. The van der Waals surface area contributed by atoms with Crippen molar-refractivity contribution in [2.75, 3.05) is 6.61 Å². The minimum Gasteiger partial charge on any atom is -0.494 e. The van der Waals surface area contributed by atoms with Crippen LogP contribution in [0.1, 0.15) is 28.5 Å². The maximum absolute atomic E-state index is 12.4. The third-order valence-electron chi connectivity index (χ3n) is 4.14. The van der Waals surface area contributed by atoms with Crippen molar-refractivity contribution in [1.29, 1.82) is 0 Å². The summed E-state index contributed by atoms with van der Waals surface area (Å²) in [6.45, 7) is 4.29. The van der Waals surface area contributed by atoms with Crippen molar-refractivity contribution in [2.24, 2.45) is 5.10 Å². The Bertz CT molecular complexity index is 1060. The number of carbonyl (C=O) groups is 1. The number of nitro groups is 1. The number of aromatic nitrogens is 2. The fourth-order valence-corrected chi connectivity index (χ4v) is 2.72. The Balaban J connectivity index is 1.70. The largest absolute Gasteiger partial charge is 0.494 e. The summed E-state index contributed by atoms with van der Waals surface area (Å²) >= 11 is 0. The van der Waals surface area contributed by atoms with E-state index in [4.69, 9.17) is 4.74 Å². The van der Waals surface area contributed by atoms with Crippen LogP contribution in [0.15, 0.2) is 53.6 Å². The molecule has 0 fully saturated rings. The summed E-state index contributed by atoms with van der Waals surface area (Å²) in [6, 6.07) is 13.4. The minimum absolute atomic E-state index is 0.0512. The summed E-state index contributed by atoms with van der Waals surface area (Å²) in [6.07, 6.45) is 1.34. The number of carbonyl (C=O) groups excluding carboxylic acids is 1. The van der Waals surface area contributed by atoms with Crippen LogP contribution in [0.25, 0.3) is 11.3 Å². The molecule has 9 nitrogen and oxygen atoms in total. The number of nitro benzene ring substituents is 1. The highest BCUT2D eigenvalue weighted by Gasteiger charge is 2.16. The van der Waals surface area contributed by atoms with Crippen molar-refractivity contribution in [2.45, 2.75) is 13.8 Å². The van der Waals surface area contributed by atoms with E-state index in [1.54, 1.807) is 19.1 Å². The third kappa shape index (κ3) is 4.64. The van der Waals surface area contributed by atoms with E-state index < -0.39 is 10.8 Å². The summed E-state index contributed by atoms with van der Waals surface area (Å²) in [7, 11) is 0. The van der Waals surface area contributed by atoms with E-state index in [9.17, 15) is 14.9 Å². The van der Waals surface area contributed by atoms with E-state index in [1.165, 1.54) is 18.3 Å². The molecule has 3 rings (SSSR count). The van der Waals surface area contributed by atoms with Gasteiger partial charge in [0.1, 0.15) is 11.4 Å². The van der Waals surface area contributed by atoms with Gasteiger partial charge in [-0.25, -0.2) is 5.43 Å². The SMILES string of the molecule is CCOc1ccc(-c2n[nH]c(C(=O)NN=Cc3cccc([N+](=O)[O-])c3)c2C)cc1. The van der Waals surface area contributed by atoms with Crippen molar-refractivity contribution in [3.05, 3.63) is 75.5 Å². The Hall–Kier alpha value is -4.01. The van der Waals surface area contributed by atoms with Crippen molar-refractivity contribution >= 4 is 17.8 Å². The first-order chi connectivity index (χ1) is 14.0. The van der Waals surface area contributed by atoms with Gasteiger partial charge in [-0.3, -0.25) is 20.0 Å². The van der Waals surface area contributed by atoms with E-state index in [1.807, 2.05) is 31.2 Å². The summed E-state index contributed by atoms with van der Waals surface area (Å²) in [5.41, 5.74) is 5.30. The molecule has 0 saturated heterocycles. The lowest BCUT2D eigenvalue weighted by molar-refractivity contribution is -0.384. The second kappa shape index (κ2) is 8.79. The molecule has 1 aromatic heterocycles. The van der Waals surface area contributed by atoms with Crippen LogP contribution in [-0.4, -0.2) is 33.8 Å². The summed E-state index contributed by atoms with van der Waals surface area (Å²) in [4.78, 5) is 22.7. The highest BCUT2D eigenvalue weighted by Crippen LogP contribution is 2.25. The first kappa shape index (κ1) is 19.7. The Morgan fingerprint density at radius 3 is 2.76 bits per heavy atom. The summed E-state index contributed by atoms with van der Waals surface area (Å²) in [5.74, 6) is 0.298. The normalized spacial score (nSPS) is 10.8. The molecule has 3 aromatic rings. The van der Waals surface area contributed by atoms with Gasteiger partial charge < -0.3 is 4.74 Å². The molecular formula is C20H19N5O4. The van der Waals surface area contributed by atoms with Crippen LogP contribution < -0.4 is 10.2 Å². The molecule has 9 heteroatoms. The number of hydrogen-bond acceptors (Lipinski definition) is 6. The van der Waals surface area contributed by atoms with Gasteiger partial charge in [-0.1, -0.05) is 12.1 Å². The minimum atomic E-state index is -0.494. The number of rotatable bonds is 7. The molecule has 0 bridgehead atoms. The highest BCUT2D eigenvalue weighted by atomic mass is 16.6. The molecule has 0 aliphatic heterocycles.